The van der Waals surface area contributed by atoms with Crippen molar-refractivity contribution in [1.82, 2.24) is 10.2 Å². The summed E-state index contributed by atoms with van der Waals surface area (Å²) in [5.41, 5.74) is 0.672. The van der Waals surface area contributed by atoms with E-state index in [1.165, 1.54) is 10.4 Å². The number of amides is 3. The Bertz CT molecular complexity index is 370. The number of imide groups is 1. The number of urea groups is 1. The van der Waals surface area contributed by atoms with Gasteiger partial charge in [-0.15, -0.1) is 0 Å². The second-order valence-corrected chi connectivity index (χ2v) is 5.08. The van der Waals surface area contributed by atoms with Crippen LogP contribution in [0.1, 0.15) is 32.6 Å². The molecular formula is C12H17ClN2O2. The number of hydrogen-bond acceptors (Lipinski definition) is 2. The molecule has 1 heterocycles. The van der Waals surface area contributed by atoms with Crippen molar-refractivity contribution >= 4 is 23.5 Å². The molecule has 0 aromatic carbocycles. The molecule has 5 heteroatoms. The van der Waals surface area contributed by atoms with E-state index in [4.69, 9.17) is 11.6 Å². The van der Waals surface area contributed by atoms with E-state index < -0.39 is 5.54 Å². The average molecular weight is 257 g/mol. The third-order valence-electron chi connectivity index (χ3n) is 3.88. The molecule has 2 aliphatic rings. The Morgan fingerprint density at radius 3 is 2.94 bits per heavy atom. The second kappa shape index (κ2) is 4.69. The van der Waals surface area contributed by atoms with E-state index in [0.29, 0.717) is 0 Å². The largest absolute Gasteiger partial charge is 0.325 e. The van der Waals surface area contributed by atoms with Crippen molar-refractivity contribution in [1.29, 1.82) is 0 Å². The zero-order valence-corrected chi connectivity index (χ0v) is 10.7. The zero-order chi connectivity index (χ0) is 12.5. The highest BCUT2D eigenvalue weighted by atomic mass is 35.5. The maximum absolute atomic E-state index is 12.4. The topological polar surface area (TPSA) is 49.4 Å². The molecule has 1 aliphatic carbocycles. The molecule has 0 aromatic rings. The van der Waals surface area contributed by atoms with Crippen molar-refractivity contribution in [3.63, 3.8) is 0 Å². The van der Waals surface area contributed by atoms with Gasteiger partial charge in [-0.1, -0.05) is 37.4 Å². The minimum absolute atomic E-state index is 0.0931. The van der Waals surface area contributed by atoms with Crippen LogP contribution in [-0.2, 0) is 4.79 Å². The number of halogens is 1. The molecule has 2 rings (SSSR count). The zero-order valence-electron chi connectivity index (χ0n) is 9.91. The molecule has 1 spiro atoms. The lowest BCUT2D eigenvalue weighted by Crippen LogP contribution is -2.53. The molecular weight excluding hydrogens is 240 g/mol. The van der Waals surface area contributed by atoms with Crippen molar-refractivity contribution < 1.29 is 9.59 Å². The lowest BCUT2D eigenvalue weighted by molar-refractivity contribution is -0.133. The molecule has 0 radical (unpaired) electrons. The highest BCUT2D eigenvalue weighted by Crippen LogP contribution is 2.38. The van der Waals surface area contributed by atoms with Crippen molar-refractivity contribution in [2.45, 2.75) is 38.1 Å². The molecule has 1 saturated carbocycles. The first-order valence-electron chi connectivity index (χ1n) is 6.01. The number of carbonyl (C=O) groups excluding carboxylic acids is 2. The van der Waals surface area contributed by atoms with Crippen LogP contribution in [0.2, 0.25) is 0 Å². The van der Waals surface area contributed by atoms with Crippen LogP contribution in [-0.4, -0.2) is 28.9 Å². The van der Waals surface area contributed by atoms with E-state index in [1.807, 2.05) is 6.92 Å². The van der Waals surface area contributed by atoms with Crippen LogP contribution in [0.4, 0.5) is 4.79 Å². The van der Waals surface area contributed by atoms with E-state index in [-0.39, 0.29) is 24.4 Å². The van der Waals surface area contributed by atoms with Crippen LogP contribution in [0.25, 0.3) is 0 Å². The molecule has 2 atom stereocenters. The van der Waals surface area contributed by atoms with E-state index >= 15 is 0 Å². The van der Waals surface area contributed by atoms with Crippen molar-refractivity contribution in [3.05, 3.63) is 11.6 Å². The van der Waals surface area contributed by atoms with Gasteiger partial charge in [-0.25, -0.2) is 4.79 Å². The Hall–Kier alpha value is -1.03. The number of nitrogens with zero attached hydrogens (tertiary/aromatic N) is 1. The van der Waals surface area contributed by atoms with Crippen LogP contribution in [0.5, 0.6) is 0 Å². The summed E-state index contributed by atoms with van der Waals surface area (Å²) in [6.45, 7) is 2.29. The summed E-state index contributed by atoms with van der Waals surface area (Å²) in [6, 6.07) is -0.293. The normalized spacial score (nSPS) is 33.8. The van der Waals surface area contributed by atoms with Crippen LogP contribution >= 0.6 is 11.6 Å². The predicted octanol–water partition coefficient (Wildman–Crippen LogP) is 2.24. The van der Waals surface area contributed by atoms with Gasteiger partial charge in [-0.05, 0) is 18.8 Å². The number of rotatable bonds is 2. The molecule has 3 amide bonds. The Labute approximate surface area is 106 Å². The van der Waals surface area contributed by atoms with Gasteiger partial charge in [-0.3, -0.25) is 9.69 Å². The van der Waals surface area contributed by atoms with Crippen LogP contribution in [0.15, 0.2) is 11.6 Å². The molecule has 94 valence electrons. The maximum Gasteiger partial charge on any atom is 0.325 e. The van der Waals surface area contributed by atoms with Crippen LogP contribution in [0, 0.1) is 5.92 Å². The fourth-order valence-corrected chi connectivity index (χ4v) is 2.89. The smallest absolute Gasteiger partial charge is 0.323 e. The minimum atomic E-state index is -0.657. The molecule has 0 bridgehead atoms. The lowest BCUT2D eigenvalue weighted by Gasteiger charge is -2.36. The maximum atomic E-state index is 12.4. The number of nitrogens with one attached hydrogen (secondary N) is 1. The summed E-state index contributed by atoms with van der Waals surface area (Å²) in [7, 11) is 0. The Morgan fingerprint density at radius 1 is 1.53 bits per heavy atom. The molecule has 0 aromatic heterocycles. The van der Waals surface area contributed by atoms with Crippen molar-refractivity contribution in [2.75, 3.05) is 6.54 Å². The van der Waals surface area contributed by atoms with Gasteiger partial charge in [0.25, 0.3) is 5.91 Å². The third-order valence-corrected chi connectivity index (χ3v) is 4.06. The fourth-order valence-electron chi connectivity index (χ4n) is 2.81. The van der Waals surface area contributed by atoms with Crippen molar-refractivity contribution in [3.8, 4) is 0 Å². The van der Waals surface area contributed by atoms with Gasteiger partial charge in [0.2, 0.25) is 0 Å². The standard InChI is InChI=1S/C12H17ClN2O2/c1-9-5-2-3-6-12(9)10(16)15(8-4-7-13)11(17)14-12/h4,7,9H,2-3,5-6,8H2,1H3,(H,14,17)/b7-4+. The lowest BCUT2D eigenvalue weighted by atomic mass is 9.73. The summed E-state index contributed by atoms with van der Waals surface area (Å²) in [4.78, 5) is 25.5. The fraction of sp³-hybridized carbons (Fsp3) is 0.667. The minimum Gasteiger partial charge on any atom is -0.323 e. The van der Waals surface area contributed by atoms with Gasteiger partial charge in [0.05, 0.1) is 0 Å². The van der Waals surface area contributed by atoms with Crippen LogP contribution in [0.3, 0.4) is 0 Å². The van der Waals surface area contributed by atoms with Crippen molar-refractivity contribution in [2.24, 2.45) is 5.92 Å². The van der Waals surface area contributed by atoms with E-state index in [9.17, 15) is 9.59 Å². The first-order chi connectivity index (χ1) is 8.12. The van der Waals surface area contributed by atoms with E-state index in [1.54, 1.807) is 6.08 Å². The molecule has 4 nitrogen and oxygen atoms in total. The van der Waals surface area contributed by atoms with Gasteiger partial charge in [0, 0.05) is 12.1 Å². The summed E-state index contributed by atoms with van der Waals surface area (Å²) < 4.78 is 0. The summed E-state index contributed by atoms with van der Waals surface area (Å²) in [5, 5.41) is 2.89. The number of hydrogen-bond donors (Lipinski definition) is 1. The van der Waals surface area contributed by atoms with Gasteiger partial charge < -0.3 is 5.32 Å². The first-order valence-corrected chi connectivity index (χ1v) is 6.45. The molecule has 1 aliphatic heterocycles. The summed E-state index contributed by atoms with van der Waals surface area (Å²) >= 11 is 5.43. The summed E-state index contributed by atoms with van der Waals surface area (Å²) in [5.74, 6) is 0.113. The van der Waals surface area contributed by atoms with Gasteiger partial charge in [-0.2, -0.15) is 0 Å². The highest BCUT2D eigenvalue weighted by Gasteiger charge is 2.54. The second-order valence-electron chi connectivity index (χ2n) is 4.83. The SMILES string of the molecule is CC1CCCCC12NC(=O)N(C/C=C/Cl)C2=O. The van der Waals surface area contributed by atoms with Crippen LogP contribution < -0.4 is 5.32 Å². The first kappa shape index (κ1) is 12.4. The molecule has 2 unspecified atom stereocenters. The van der Waals surface area contributed by atoms with E-state index in [0.717, 1.165) is 25.7 Å². The Balaban J connectivity index is 2.21. The average Bonchev–Trinajstić information content (AvgIpc) is 2.54. The number of carbonyl (C=O) groups is 2. The molecule has 17 heavy (non-hydrogen) atoms. The monoisotopic (exact) mass is 256 g/mol. The molecule has 1 N–H and O–H groups in total. The highest BCUT2D eigenvalue weighted by molar-refractivity contribution is 6.25. The molecule has 1 saturated heterocycles. The summed E-state index contributed by atoms with van der Waals surface area (Å²) in [6.07, 6.45) is 5.47. The van der Waals surface area contributed by atoms with Gasteiger partial charge in [0.15, 0.2) is 0 Å². The van der Waals surface area contributed by atoms with Gasteiger partial charge in [0.1, 0.15) is 5.54 Å². The Kier molecular flexibility index (Phi) is 3.43. The molecule has 2 fully saturated rings. The van der Waals surface area contributed by atoms with E-state index in [2.05, 4.69) is 5.32 Å². The predicted molar refractivity (Wildman–Crippen MR) is 65.6 cm³/mol. The third kappa shape index (κ3) is 1.95. The Morgan fingerprint density at radius 2 is 2.29 bits per heavy atom. The quantitative estimate of drug-likeness (QED) is 0.771. The van der Waals surface area contributed by atoms with Gasteiger partial charge >= 0.3 is 6.03 Å².